The van der Waals surface area contributed by atoms with Crippen molar-refractivity contribution in [1.29, 1.82) is 0 Å². The highest BCUT2D eigenvalue weighted by Crippen LogP contribution is 2.28. The van der Waals surface area contributed by atoms with Gasteiger partial charge in [-0.3, -0.25) is 14.5 Å². The lowest BCUT2D eigenvalue weighted by atomic mass is 10.1. The van der Waals surface area contributed by atoms with E-state index in [0.717, 1.165) is 0 Å². The molecule has 2 heterocycles. The molecule has 0 radical (unpaired) electrons. The summed E-state index contributed by atoms with van der Waals surface area (Å²) in [6.45, 7) is 0.225. The predicted molar refractivity (Wildman–Crippen MR) is 64.4 cm³/mol. The van der Waals surface area contributed by atoms with Crippen molar-refractivity contribution in [3.05, 3.63) is 16.0 Å². The monoisotopic (exact) mass is 318 g/mol. The lowest BCUT2D eigenvalue weighted by Gasteiger charge is -2.15. The van der Waals surface area contributed by atoms with Crippen LogP contribution < -0.4 is 10.6 Å². The van der Waals surface area contributed by atoms with Crippen molar-refractivity contribution in [2.75, 3.05) is 11.4 Å². The number of hydrogen-bond donors (Lipinski definition) is 1. The smallest absolute Gasteiger partial charge is 0.229 e. The second-order valence-electron chi connectivity index (χ2n) is 3.61. The van der Waals surface area contributed by atoms with Gasteiger partial charge in [-0.2, -0.15) is 0 Å². The summed E-state index contributed by atoms with van der Waals surface area (Å²) in [6.07, 6.45) is 1.44. The Balaban J connectivity index is 2.29. The van der Waals surface area contributed by atoms with Gasteiger partial charge < -0.3 is 5.73 Å². The second-order valence-corrected chi connectivity index (χ2v) is 4.75. The summed E-state index contributed by atoms with van der Waals surface area (Å²) in [4.78, 5) is 32.1. The summed E-state index contributed by atoms with van der Waals surface area (Å²) >= 11 is 8.83. The minimum atomic E-state index is -0.487. The number of nitrogens with zero attached hydrogens (tertiary/aromatic N) is 3. The lowest BCUT2D eigenvalue weighted by molar-refractivity contribution is -0.123. The Morgan fingerprint density at radius 2 is 2.35 bits per heavy atom. The van der Waals surface area contributed by atoms with Crippen LogP contribution in [0.3, 0.4) is 0 Å². The number of aromatic nitrogens is 2. The van der Waals surface area contributed by atoms with Crippen LogP contribution in [0.5, 0.6) is 0 Å². The first-order chi connectivity index (χ1) is 7.99. The van der Waals surface area contributed by atoms with Crippen LogP contribution in [0.4, 0.5) is 5.82 Å². The number of halogens is 2. The third-order valence-corrected chi connectivity index (χ3v) is 3.18. The molecule has 2 amide bonds. The van der Waals surface area contributed by atoms with Crippen molar-refractivity contribution >= 4 is 45.2 Å². The van der Waals surface area contributed by atoms with Crippen LogP contribution >= 0.6 is 27.5 Å². The van der Waals surface area contributed by atoms with E-state index in [1.54, 1.807) is 0 Å². The Labute approximate surface area is 110 Å². The second kappa shape index (κ2) is 4.58. The Kier molecular flexibility index (Phi) is 3.30. The highest BCUT2D eigenvalue weighted by atomic mass is 79.9. The molecule has 1 aromatic rings. The average Bonchev–Trinajstić information content (AvgIpc) is 2.61. The van der Waals surface area contributed by atoms with E-state index in [1.807, 2.05) is 0 Å². The molecule has 1 fully saturated rings. The van der Waals surface area contributed by atoms with Crippen molar-refractivity contribution < 1.29 is 9.59 Å². The minimum Gasteiger partial charge on any atom is -0.369 e. The summed E-state index contributed by atoms with van der Waals surface area (Å²) in [6, 6.07) is 0. The van der Waals surface area contributed by atoms with E-state index in [9.17, 15) is 9.59 Å². The fourth-order valence-electron chi connectivity index (χ4n) is 1.62. The number of amides is 2. The van der Waals surface area contributed by atoms with Crippen molar-refractivity contribution in [3.8, 4) is 0 Å². The molecular formula is C9H8BrClN4O2. The summed E-state index contributed by atoms with van der Waals surface area (Å²) < 4.78 is 0.364. The molecule has 2 N–H and O–H groups in total. The van der Waals surface area contributed by atoms with Crippen LogP contribution in [0, 0.1) is 5.92 Å². The molecule has 1 unspecified atom stereocenters. The van der Waals surface area contributed by atoms with Crippen LogP contribution in [0.1, 0.15) is 6.42 Å². The number of carbonyl (C=O) groups is 2. The molecule has 0 aromatic carbocycles. The minimum absolute atomic E-state index is 0.103. The Hall–Kier alpha value is -1.21. The van der Waals surface area contributed by atoms with Crippen LogP contribution in [-0.4, -0.2) is 28.3 Å². The molecule has 1 aromatic heterocycles. The molecule has 17 heavy (non-hydrogen) atoms. The molecule has 0 saturated carbocycles. The number of rotatable bonds is 2. The topological polar surface area (TPSA) is 89.2 Å². The molecule has 1 aliphatic rings. The number of hydrogen-bond acceptors (Lipinski definition) is 4. The first kappa shape index (κ1) is 12.3. The molecule has 2 rings (SSSR count). The molecule has 0 bridgehead atoms. The average molecular weight is 320 g/mol. The van der Waals surface area contributed by atoms with Crippen LogP contribution in [-0.2, 0) is 9.59 Å². The van der Waals surface area contributed by atoms with Gasteiger partial charge in [-0.05, 0) is 15.9 Å². The van der Waals surface area contributed by atoms with E-state index < -0.39 is 11.8 Å². The van der Waals surface area contributed by atoms with Crippen molar-refractivity contribution in [2.24, 2.45) is 11.7 Å². The Bertz CT molecular complexity index is 496. The summed E-state index contributed by atoms with van der Waals surface area (Å²) in [5, 5.41) is 0.221. The van der Waals surface area contributed by atoms with E-state index in [-0.39, 0.29) is 24.0 Å². The van der Waals surface area contributed by atoms with Gasteiger partial charge in [-0.1, -0.05) is 11.6 Å². The van der Waals surface area contributed by atoms with E-state index in [1.165, 1.54) is 11.1 Å². The maximum atomic E-state index is 11.7. The van der Waals surface area contributed by atoms with Gasteiger partial charge in [-0.25, -0.2) is 9.97 Å². The zero-order valence-corrected chi connectivity index (χ0v) is 10.9. The number of nitrogens with two attached hydrogens (primary N) is 1. The standard InChI is InChI=1S/C9H8BrClN4O2/c10-7-9(13-2-5(11)14-7)15-3-4(8(12)17)1-6(15)16/h2,4H,1,3H2,(H2,12,17). The van der Waals surface area contributed by atoms with E-state index >= 15 is 0 Å². The fourth-order valence-corrected chi connectivity index (χ4v) is 2.37. The Morgan fingerprint density at radius 3 is 2.88 bits per heavy atom. The van der Waals surface area contributed by atoms with Crippen molar-refractivity contribution in [1.82, 2.24) is 9.97 Å². The maximum Gasteiger partial charge on any atom is 0.229 e. The van der Waals surface area contributed by atoms with Gasteiger partial charge in [0.1, 0.15) is 5.15 Å². The van der Waals surface area contributed by atoms with Crippen LogP contribution in [0.25, 0.3) is 0 Å². The van der Waals surface area contributed by atoms with Gasteiger partial charge in [-0.15, -0.1) is 0 Å². The van der Waals surface area contributed by atoms with Gasteiger partial charge in [0.05, 0.1) is 12.1 Å². The lowest BCUT2D eigenvalue weighted by Crippen LogP contribution is -2.29. The molecule has 1 aliphatic heterocycles. The van der Waals surface area contributed by atoms with Gasteiger partial charge >= 0.3 is 0 Å². The van der Waals surface area contributed by atoms with E-state index in [2.05, 4.69) is 25.9 Å². The highest BCUT2D eigenvalue weighted by Gasteiger charge is 2.35. The number of primary amides is 1. The summed E-state index contributed by atoms with van der Waals surface area (Å²) in [5.74, 6) is -0.819. The number of carbonyl (C=O) groups excluding carboxylic acids is 2. The normalized spacial score (nSPS) is 19.8. The van der Waals surface area contributed by atoms with Gasteiger partial charge in [0, 0.05) is 13.0 Å². The number of anilines is 1. The molecule has 6 nitrogen and oxygen atoms in total. The molecule has 90 valence electrons. The predicted octanol–water partition coefficient (Wildman–Crippen LogP) is 0.731. The third-order valence-electron chi connectivity index (χ3n) is 2.47. The van der Waals surface area contributed by atoms with Gasteiger partial charge in [0.15, 0.2) is 10.4 Å². The summed E-state index contributed by atoms with van der Waals surface area (Å²) in [5.41, 5.74) is 5.18. The van der Waals surface area contributed by atoms with Crippen LogP contribution in [0.2, 0.25) is 5.15 Å². The van der Waals surface area contributed by atoms with Crippen LogP contribution in [0.15, 0.2) is 10.8 Å². The molecule has 0 aliphatic carbocycles. The van der Waals surface area contributed by atoms with Gasteiger partial charge in [0.2, 0.25) is 11.8 Å². The SMILES string of the molecule is NC(=O)C1CC(=O)N(c2ncc(Cl)nc2Br)C1. The van der Waals surface area contributed by atoms with Crippen molar-refractivity contribution in [3.63, 3.8) is 0 Å². The summed E-state index contributed by atoms with van der Waals surface area (Å²) in [7, 11) is 0. The highest BCUT2D eigenvalue weighted by molar-refractivity contribution is 9.10. The first-order valence-electron chi connectivity index (χ1n) is 4.76. The molecule has 0 spiro atoms. The zero-order chi connectivity index (χ0) is 12.6. The molecule has 8 heteroatoms. The largest absolute Gasteiger partial charge is 0.369 e. The zero-order valence-electron chi connectivity index (χ0n) is 8.56. The molecule has 1 saturated heterocycles. The van der Waals surface area contributed by atoms with E-state index in [4.69, 9.17) is 17.3 Å². The maximum absolute atomic E-state index is 11.7. The fraction of sp³-hybridized carbons (Fsp3) is 0.333. The quantitative estimate of drug-likeness (QED) is 0.870. The third kappa shape index (κ3) is 2.39. The molecule has 1 atom stereocenters. The van der Waals surface area contributed by atoms with Gasteiger partial charge in [0.25, 0.3) is 0 Å². The Morgan fingerprint density at radius 1 is 1.65 bits per heavy atom. The van der Waals surface area contributed by atoms with E-state index in [0.29, 0.717) is 10.4 Å². The van der Waals surface area contributed by atoms with Crippen molar-refractivity contribution in [2.45, 2.75) is 6.42 Å². The first-order valence-corrected chi connectivity index (χ1v) is 5.94. The molecular weight excluding hydrogens is 311 g/mol.